The molecule has 110 valence electrons. The summed E-state index contributed by atoms with van der Waals surface area (Å²) in [6.45, 7) is 6.42. The second-order valence-electron chi connectivity index (χ2n) is 5.25. The number of pyridine rings is 1. The summed E-state index contributed by atoms with van der Waals surface area (Å²) in [7, 11) is 1.71. The molecule has 5 nitrogen and oxygen atoms in total. The molecule has 1 N–H and O–H groups in total. The molecule has 2 atom stereocenters. The van der Waals surface area contributed by atoms with E-state index >= 15 is 0 Å². The molecule has 2 heterocycles. The number of piperidine rings is 1. The van der Waals surface area contributed by atoms with Gasteiger partial charge in [0.2, 0.25) is 0 Å². The molecule has 1 saturated heterocycles. The van der Waals surface area contributed by atoms with E-state index in [2.05, 4.69) is 17.2 Å². The van der Waals surface area contributed by atoms with Gasteiger partial charge in [0.1, 0.15) is 5.82 Å². The van der Waals surface area contributed by atoms with Crippen molar-refractivity contribution in [1.82, 2.24) is 9.88 Å². The van der Waals surface area contributed by atoms with Crippen molar-refractivity contribution in [3.8, 4) is 0 Å². The van der Waals surface area contributed by atoms with Crippen molar-refractivity contribution in [1.29, 1.82) is 0 Å². The first-order valence-electron chi connectivity index (χ1n) is 7.17. The Kier molecular flexibility index (Phi) is 4.95. The fraction of sp³-hybridized carbons (Fsp3) is 0.600. The maximum Gasteiger partial charge on any atom is 0.254 e. The quantitative estimate of drug-likeness (QED) is 0.914. The minimum atomic E-state index is 0.0560. The number of nitrogens with one attached hydrogen (secondary N) is 1. The van der Waals surface area contributed by atoms with E-state index in [0.717, 1.165) is 25.3 Å². The van der Waals surface area contributed by atoms with Crippen LogP contribution in [-0.4, -0.2) is 48.6 Å². The summed E-state index contributed by atoms with van der Waals surface area (Å²) in [5.41, 5.74) is 0.681. The highest BCUT2D eigenvalue weighted by Crippen LogP contribution is 2.21. The van der Waals surface area contributed by atoms with Crippen molar-refractivity contribution in [2.24, 2.45) is 5.92 Å². The van der Waals surface area contributed by atoms with Crippen molar-refractivity contribution in [2.75, 3.05) is 32.1 Å². The Balaban J connectivity index is 2.09. The molecule has 5 heteroatoms. The fourth-order valence-electron chi connectivity index (χ4n) is 2.55. The van der Waals surface area contributed by atoms with Gasteiger partial charge >= 0.3 is 0 Å². The fourth-order valence-corrected chi connectivity index (χ4v) is 2.55. The first-order valence-corrected chi connectivity index (χ1v) is 7.17. The number of hydrogen-bond acceptors (Lipinski definition) is 4. The lowest BCUT2D eigenvalue weighted by atomic mass is 9.95. The Bertz CT molecular complexity index is 464. The number of rotatable bonds is 4. The third-order valence-corrected chi connectivity index (χ3v) is 3.84. The molecular weight excluding hydrogens is 254 g/mol. The molecule has 0 spiro atoms. The highest BCUT2D eigenvalue weighted by atomic mass is 16.5. The predicted octanol–water partition coefficient (Wildman–Crippen LogP) is 2.01. The summed E-state index contributed by atoms with van der Waals surface area (Å²) >= 11 is 0. The van der Waals surface area contributed by atoms with Gasteiger partial charge in [-0.1, -0.05) is 6.92 Å². The lowest BCUT2D eigenvalue weighted by Crippen LogP contribution is -2.46. The molecule has 0 bridgehead atoms. The average Bonchev–Trinajstić information content (AvgIpc) is 2.48. The molecule has 0 saturated carbocycles. The number of amides is 1. The number of anilines is 1. The molecule has 2 unspecified atom stereocenters. The predicted molar refractivity (Wildman–Crippen MR) is 78.9 cm³/mol. The van der Waals surface area contributed by atoms with Gasteiger partial charge in [-0.3, -0.25) is 4.79 Å². The van der Waals surface area contributed by atoms with E-state index in [1.165, 1.54) is 0 Å². The summed E-state index contributed by atoms with van der Waals surface area (Å²) < 4.78 is 5.46. The van der Waals surface area contributed by atoms with Crippen LogP contribution in [0.2, 0.25) is 0 Å². The number of carbonyl (C=O) groups excluding carboxylic acids is 1. The molecule has 0 radical (unpaired) electrons. The first kappa shape index (κ1) is 14.8. The van der Waals surface area contributed by atoms with Crippen LogP contribution >= 0.6 is 0 Å². The van der Waals surface area contributed by atoms with E-state index in [-0.39, 0.29) is 12.0 Å². The molecule has 1 aliphatic heterocycles. The molecular formula is C15H23N3O2. The van der Waals surface area contributed by atoms with Crippen molar-refractivity contribution in [3.05, 3.63) is 23.9 Å². The zero-order valence-corrected chi connectivity index (χ0v) is 12.4. The van der Waals surface area contributed by atoms with Crippen LogP contribution in [0, 0.1) is 5.92 Å². The monoisotopic (exact) mass is 277 g/mol. The van der Waals surface area contributed by atoms with Crippen LogP contribution in [0.15, 0.2) is 18.3 Å². The minimum Gasteiger partial charge on any atom is -0.379 e. The van der Waals surface area contributed by atoms with E-state index < -0.39 is 0 Å². The smallest absolute Gasteiger partial charge is 0.254 e. The van der Waals surface area contributed by atoms with Crippen molar-refractivity contribution >= 4 is 11.7 Å². The second kappa shape index (κ2) is 6.70. The van der Waals surface area contributed by atoms with Crippen LogP contribution in [-0.2, 0) is 4.74 Å². The summed E-state index contributed by atoms with van der Waals surface area (Å²) in [5, 5.41) is 3.13. The largest absolute Gasteiger partial charge is 0.379 e. The normalized spacial score (nSPS) is 22.6. The number of ether oxygens (including phenoxy) is 1. The standard InChI is InChI=1S/C15H23N3O2/c1-4-16-14-9-12(5-7-17-14)15(19)18-8-6-11(2)13(10-18)20-3/h5,7,9,11,13H,4,6,8,10H2,1-3H3,(H,16,17). The van der Waals surface area contributed by atoms with Crippen LogP contribution in [0.1, 0.15) is 30.6 Å². The molecule has 1 aromatic heterocycles. The minimum absolute atomic E-state index is 0.0560. The Morgan fingerprint density at radius 1 is 1.60 bits per heavy atom. The first-order chi connectivity index (χ1) is 9.65. The van der Waals surface area contributed by atoms with Gasteiger partial charge in [0, 0.05) is 38.5 Å². The number of aromatic nitrogens is 1. The van der Waals surface area contributed by atoms with E-state index in [4.69, 9.17) is 4.74 Å². The Morgan fingerprint density at radius 3 is 3.10 bits per heavy atom. The van der Waals surface area contributed by atoms with Crippen LogP contribution in [0.5, 0.6) is 0 Å². The van der Waals surface area contributed by atoms with Gasteiger partial charge in [0.05, 0.1) is 6.10 Å². The maximum atomic E-state index is 12.5. The summed E-state index contributed by atoms with van der Waals surface area (Å²) in [6, 6.07) is 3.58. The van der Waals surface area contributed by atoms with Gasteiger partial charge in [-0.15, -0.1) is 0 Å². The van der Waals surface area contributed by atoms with Gasteiger partial charge in [0.25, 0.3) is 5.91 Å². The molecule has 1 aliphatic rings. The van der Waals surface area contributed by atoms with E-state index in [1.807, 2.05) is 17.9 Å². The van der Waals surface area contributed by atoms with Crippen molar-refractivity contribution in [2.45, 2.75) is 26.4 Å². The van der Waals surface area contributed by atoms with Crippen molar-refractivity contribution < 1.29 is 9.53 Å². The Labute approximate surface area is 120 Å². The molecule has 1 fully saturated rings. The Hall–Kier alpha value is -1.62. The van der Waals surface area contributed by atoms with E-state index in [9.17, 15) is 4.79 Å². The molecule has 1 aromatic rings. The van der Waals surface area contributed by atoms with Gasteiger partial charge in [-0.25, -0.2) is 4.98 Å². The third-order valence-electron chi connectivity index (χ3n) is 3.84. The molecule has 0 aliphatic carbocycles. The lowest BCUT2D eigenvalue weighted by Gasteiger charge is -2.36. The van der Waals surface area contributed by atoms with Gasteiger partial charge in [0.15, 0.2) is 0 Å². The number of likely N-dealkylation sites (tertiary alicyclic amines) is 1. The number of carbonyl (C=O) groups is 1. The SMILES string of the molecule is CCNc1cc(C(=O)N2CCC(C)C(OC)C2)ccn1. The average molecular weight is 277 g/mol. The molecule has 0 aromatic carbocycles. The highest BCUT2D eigenvalue weighted by Gasteiger charge is 2.29. The lowest BCUT2D eigenvalue weighted by molar-refractivity contribution is -0.00156. The van der Waals surface area contributed by atoms with Crippen LogP contribution in [0.3, 0.4) is 0 Å². The second-order valence-corrected chi connectivity index (χ2v) is 5.25. The zero-order chi connectivity index (χ0) is 14.5. The van der Waals surface area contributed by atoms with E-state index in [1.54, 1.807) is 19.4 Å². The van der Waals surface area contributed by atoms with Crippen LogP contribution < -0.4 is 5.32 Å². The van der Waals surface area contributed by atoms with Crippen LogP contribution in [0.25, 0.3) is 0 Å². The van der Waals surface area contributed by atoms with Crippen LogP contribution in [0.4, 0.5) is 5.82 Å². The Morgan fingerprint density at radius 2 is 2.40 bits per heavy atom. The van der Waals surface area contributed by atoms with E-state index in [0.29, 0.717) is 18.0 Å². The van der Waals surface area contributed by atoms with Gasteiger partial charge in [-0.2, -0.15) is 0 Å². The topological polar surface area (TPSA) is 54.5 Å². The van der Waals surface area contributed by atoms with Gasteiger partial charge < -0.3 is 15.0 Å². The molecule has 20 heavy (non-hydrogen) atoms. The zero-order valence-electron chi connectivity index (χ0n) is 12.4. The van der Waals surface area contributed by atoms with Crippen molar-refractivity contribution in [3.63, 3.8) is 0 Å². The highest BCUT2D eigenvalue weighted by molar-refractivity contribution is 5.94. The summed E-state index contributed by atoms with van der Waals surface area (Å²) in [4.78, 5) is 18.6. The number of hydrogen-bond donors (Lipinski definition) is 1. The summed E-state index contributed by atoms with van der Waals surface area (Å²) in [6.07, 6.45) is 2.78. The summed E-state index contributed by atoms with van der Waals surface area (Å²) in [5.74, 6) is 1.30. The maximum absolute atomic E-state index is 12.5. The number of nitrogens with zero attached hydrogens (tertiary/aromatic N) is 2. The molecule has 1 amide bonds. The molecule has 2 rings (SSSR count). The number of methoxy groups -OCH3 is 1. The van der Waals surface area contributed by atoms with Gasteiger partial charge in [-0.05, 0) is 31.4 Å². The third kappa shape index (κ3) is 3.28.